The summed E-state index contributed by atoms with van der Waals surface area (Å²) >= 11 is 3.17. The van der Waals surface area contributed by atoms with Crippen LogP contribution in [0.4, 0.5) is 8.78 Å². The molecule has 0 spiro atoms. The van der Waals surface area contributed by atoms with Gasteiger partial charge in [-0.15, -0.1) is 10.2 Å². The number of benzene rings is 2. The number of rotatable bonds is 4. The summed E-state index contributed by atoms with van der Waals surface area (Å²) in [6, 6.07) is 9.45. The molecule has 0 aliphatic heterocycles. The van der Waals surface area contributed by atoms with E-state index >= 15 is 0 Å². The zero-order valence-electron chi connectivity index (χ0n) is 12.9. The van der Waals surface area contributed by atoms with Crippen LogP contribution in [0.3, 0.4) is 0 Å². The lowest BCUT2D eigenvalue weighted by molar-refractivity contribution is 0.0274. The molecule has 3 aromatic rings. The Labute approximate surface area is 149 Å². The molecule has 0 N–H and O–H groups in total. The summed E-state index contributed by atoms with van der Waals surface area (Å²) in [7, 11) is 0. The third-order valence-corrected chi connectivity index (χ3v) is 3.80. The number of halogens is 3. The van der Waals surface area contributed by atoms with Gasteiger partial charge in [0.15, 0.2) is 6.10 Å². The van der Waals surface area contributed by atoms with Crippen LogP contribution in [0.15, 0.2) is 51.4 Å². The molecule has 8 heteroatoms. The molecule has 0 aliphatic rings. The molecule has 5 nitrogen and oxygen atoms in total. The van der Waals surface area contributed by atoms with Gasteiger partial charge in [0.25, 0.3) is 5.89 Å². The minimum absolute atomic E-state index is 0.0445. The van der Waals surface area contributed by atoms with Crippen molar-refractivity contribution in [1.82, 2.24) is 10.2 Å². The minimum Gasteiger partial charge on any atom is -0.449 e. The van der Waals surface area contributed by atoms with Gasteiger partial charge in [-0.25, -0.2) is 13.6 Å². The molecule has 0 unspecified atom stereocenters. The zero-order valence-corrected chi connectivity index (χ0v) is 14.5. The molecule has 3 rings (SSSR count). The maximum absolute atomic E-state index is 13.7. The summed E-state index contributed by atoms with van der Waals surface area (Å²) in [5.74, 6) is -1.73. The van der Waals surface area contributed by atoms with Crippen molar-refractivity contribution in [3.05, 3.63) is 70.0 Å². The molecule has 0 aliphatic carbocycles. The van der Waals surface area contributed by atoms with Crippen molar-refractivity contribution < 1.29 is 22.7 Å². The van der Waals surface area contributed by atoms with E-state index in [0.29, 0.717) is 10.0 Å². The van der Waals surface area contributed by atoms with Crippen LogP contribution < -0.4 is 0 Å². The Morgan fingerprint density at radius 1 is 1.16 bits per heavy atom. The van der Waals surface area contributed by atoms with Crippen molar-refractivity contribution in [3.63, 3.8) is 0 Å². The monoisotopic (exact) mass is 408 g/mol. The standard InChI is InChI=1S/C17H11BrF2N2O3/c1-9(24-17(23)13-8-11(18)4-7-14(13)20)15-21-22-16(25-15)10-2-5-12(19)6-3-10/h2-9H,1H3/t9-/m1/s1. The fraction of sp³-hybridized carbons (Fsp3) is 0.118. The Balaban J connectivity index is 1.75. The Kier molecular flexibility index (Phi) is 4.89. The first-order valence-electron chi connectivity index (χ1n) is 7.19. The highest BCUT2D eigenvalue weighted by molar-refractivity contribution is 9.10. The second kappa shape index (κ2) is 7.10. The molecule has 0 amide bonds. The van der Waals surface area contributed by atoms with E-state index in [2.05, 4.69) is 26.1 Å². The third kappa shape index (κ3) is 3.90. The average Bonchev–Trinajstić information content (AvgIpc) is 3.07. The molecule has 0 saturated carbocycles. The lowest BCUT2D eigenvalue weighted by Gasteiger charge is -2.10. The summed E-state index contributed by atoms with van der Waals surface area (Å²) in [5.41, 5.74) is 0.316. The molecule has 0 bridgehead atoms. The minimum atomic E-state index is -0.882. The van der Waals surface area contributed by atoms with E-state index < -0.39 is 17.9 Å². The highest BCUT2D eigenvalue weighted by Gasteiger charge is 2.22. The zero-order chi connectivity index (χ0) is 18.0. The number of hydrogen-bond donors (Lipinski definition) is 0. The number of carbonyl (C=O) groups excluding carboxylic acids is 1. The van der Waals surface area contributed by atoms with E-state index in [0.717, 1.165) is 6.07 Å². The van der Waals surface area contributed by atoms with Crippen LogP contribution in [-0.2, 0) is 4.74 Å². The van der Waals surface area contributed by atoms with Gasteiger partial charge in [-0.2, -0.15) is 0 Å². The Hall–Kier alpha value is -2.61. The smallest absolute Gasteiger partial charge is 0.341 e. The van der Waals surface area contributed by atoms with Gasteiger partial charge >= 0.3 is 5.97 Å². The van der Waals surface area contributed by atoms with Gasteiger partial charge < -0.3 is 9.15 Å². The summed E-state index contributed by atoms with van der Waals surface area (Å²) in [4.78, 5) is 12.1. The first-order chi connectivity index (χ1) is 11.9. The van der Waals surface area contributed by atoms with Crippen LogP contribution in [0.1, 0.15) is 29.3 Å². The lowest BCUT2D eigenvalue weighted by Crippen LogP contribution is -2.11. The molecular formula is C17H11BrF2N2O3. The van der Waals surface area contributed by atoms with Crippen molar-refractivity contribution >= 4 is 21.9 Å². The summed E-state index contributed by atoms with van der Waals surface area (Å²) in [6.45, 7) is 1.52. The van der Waals surface area contributed by atoms with Gasteiger partial charge in [-0.05, 0) is 49.4 Å². The number of aromatic nitrogens is 2. The van der Waals surface area contributed by atoms with Crippen LogP contribution in [0.5, 0.6) is 0 Å². The highest BCUT2D eigenvalue weighted by atomic mass is 79.9. The SMILES string of the molecule is C[C@@H](OC(=O)c1cc(Br)ccc1F)c1nnc(-c2ccc(F)cc2)o1. The molecule has 1 heterocycles. The van der Waals surface area contributed by atoms with Crippen molar-refractivity contribution in [3.8, 4) is 11.5 Å². The predicted molar refractivity (Wildman–Crippen MR) is 87.6 cm³/mol. The van der Waals surface area contributed by atoms with Crippen LogP contribution in [0.25, 0.3) is 11.5 Å². The van der Waals surface area contributed by atoms with Crippen LogP contribution in [-0.4, -0.2) is 16.2 Å². The van der Waals surface area contributed by atoms with Crippen LogP contribution >= 0.6 is 15.9 Å². The van der Waals surface area contributed by atoms with E-state index in [-0.39, 0.29) is 23.2 Å². The van der Waals surface area contributed by atoms with Gasteiger partial charge in [-0.1, -0.05) is 15.9 Å². The van der Waals surface area contributed by atoms with Gasteiger partial charge in [0, 0.05) is 10.0 Å². The van der Waals surface area contributed by atoms with Crippen molar-refractivity contribution in [1.29, 1.82) is 0 Å². The molecule has 1 atom stereocenters. The molecule has 128 valence electrons. The van der Waals surface area contributed by atoms with Crippen LogP contribution in [0.2, 0.25) is 0 Å². The van der Waals surface area contributed by atoms with Gasteiger partial charge in [0.05, 0.1) is 5.56 Å². The largest absolute Gasteiger partial charge is 0.449 e. The summed E-state index contributed by atoms with van der Waals surface area (Å²) < 4.78 is 37.8. The summed E-state index contributed by atoms with van der Waals surface area (Å²) in [5, 5.41) is 7.65. The average molecular weight is 409 g/mol. The maximum atomic E-state index is 13.7. The van der Waals surface area contributed by atoms with Gasteiger partial charge in [0.1, 0.15) is 11.6 Å². The number of nitrogens with zero attached hydrogens (tertiary/aromatic N) is 2. The molecule has 25 heavy (non-hydrogen) atoms. The summed E-state index contributed by atoms with van der Waals surface area (Å²) in [6.07, 6.45) is -0.882. The van der Waals surface area contributed by atoms with Gasteiger partial charge in [-0.3, -0.25) is 0 Å². The quantitative estimate of drug-likeness (QED) is 0.585. The molecular weight excluding hydrogens is 398 g/mol. The Morgan fingerprint density at radius 3 is 2.60 bits per heavy atom. The van der Waals surface area contributed by atoms with E-state index in [9.17, 15) is 13.6 Å². The first kappa shape index (κ1) is 17.2. The highest BCUT2D eigenvalue weighted by Crippen LogP contribution is 2.24. The van der Waals surface area contributed by atoms with Gasteiger partial charge in [0.2, 0.25) is 5.89 Å². The molecule has 0 saturated heterocycles. The van der Waals surface area contributed by atoms with Crippen molar-refractivity contribution in [2.45, 2.75) is 13.0 Å². The second-order valence-corrected chi connectivity index (χ2v) is 6.04. The fourth-order valence-electron chi connectivity index (χ4n) is 2.04. The lowest BCUT2D eigenvalue weighted by atomic mass is 10.2. The van der Waals surface area contributed by atoms with Crippen molar-refractivity contribution in [2.24, 2.45) is 0 Å². The molecule has 1 aromatic heterocycles. The molecule has 0 fully saturated rings. The second-order valence-electron chi connectivity index (χ2n) is 5.12. The van der Waals surface area contributed by atoms with Crippen molar-refractivity contribution in [2.75, 3.05) is 0 Å². The number of esters is 1. The molecule has 0 radical (unpaired) electrons. The van der Waals surface area contributed by atoms with E-state index in [4.69, 9.17) is 9.15 Å². The van der Waals surface area contributed by atoms with E-state index in [1.54, 1.807) is 0 Å². The fourth-order valence-corrected chi connectivity index (χ4v) is 2.40. The number of hydrogen-bond acceptors (Lipinski definition) is 5. The normalized spacial score (nSPS) is 12.0. The Morgan fingerprint density at radius 2 is 1.88 bits per heavy atom. The Bertz CT molecular complexity index is 913. The third-order valence-electron chi connectivity index (χ3n) is 3.31. The maximum Gasteiger partial charge on any atom is 0.341 e. The van der Waals surface area contributed by atoms with Crippen LogP contribution in [0, 0.1) is 11.6 Å². The first-order valence-corrected chi connectivity index (χ1v) is 7.98. The number of carbonyl (C=O) groups is 1. The topological polar surface area (TPSA) is 65.2 Å². The number of ether oxygens (including phenoxy) is 1. The van der Waals surface area contributed by atoms with E-state index in [1.807, 2.05) is 0 Å². The van der Waals surface area contributed by atoms with E-state index in [1.165, 1.54) is 43.3 Å². The predicted octanol–water partition coefficient (Wildman–Crippen LogP) is 4.70. The molecule has 2 aromatic carbocycles.